The van der Waals surface area contributed by atoms with Gasteiger partial charge in [-0.3, -0.25) is 4.99 Å². The van der Waals surface area contributed by atoms with Crippen LogP contribution in [-0.2, 0) is 11.3 Å². The minimum atomic E-state index is 0.219. The lowest BCUT2D eigenvalue weighted by atomic mass is 9.89. The van der Waals surface area contributed by atoms with Crippen molar-refractivity contribution in [3.63, 3.8) is 0 Å². The van der Waals surface area contributed by atoms with Crippen LogP contribution in [0.1, 0.15) is 31.4 Å². The Morgan fingerprint density at radius 1 is 1.35 bits per heavy atom. The number of hydrogen-bond donors (Lipinski definition) is 2. The summed E-state index contributed by atoms with van der Waals surface area (Å²) in [5, 5.41) is 6.74. The molecule has 5 heteroatoms. The molecule has 1 aromatic carbocycles. The predicted molar refractivity (Wildman–Crippen MR) is 94.1 cm³/mol. The highest BCUT2D eigenvalue weighted by Crippen LogP contribution is 2.25. The van der Waals surface area contributed by atoms with Crippen LogP contribution in [0, 0.1) is 12.3 Å². The van der Waals surface area contributed by atoms with Crippen LogP contribution in [0.2, 0.25) is 0 Å². The van der Waals surface area contributed by atoms with Crippen molar-refractivity contribution in [2.24, 2.45) is 10.4 Å². The maximum absolute atomic E-state index is 5.86. The van der Waals surface area contributed by atoms with Gasteiger partial charge in [0.25, 0.3) is 0 Å². The van der Waals surface area contributed by atoms with Gasteiger partial charge in [0.2, 0.25) is 0 Å². The fraction of sp³-hybridized carbons (Fsp3) is 0.611. The third-order valence-corrected chi connectivity index (χ3v) is 3.94. The fourth-order valence-corrected chi connectivity index (χ4v) is 2.40. The van der Waals surface area contributed by atoms with Crippen molar-refractivity contribution < 1.29 is 9.47 Å². The molecule has 2 rings (SSSR count). The minimum Gasteiger partial charge on any atom is -0.493 e. The molecule has 1 aliphatic heterocycles. The number of benzene rings is 1. The average molecular weight is 319 g/mol. The molecule has 1 saturated heterocycles. The highest BCUT2D eigenvalue weighted by molar-refractivity contribution is 5.79. The summed E-state index contributed by atoms with van der Waals surface area (Å²) in [7, 11) is 1.79. The second-order valence-corrected chi connectivity index (χ2v) is 6.54. The molecular formula is C18H29N3O2. The van der Waals surface area contributed by atoms with Gasteiger partial charge in [-0.2, -0.15) is 0 Å². The van der Waals surface area contributed by atoms with E-state index in [4.69, 9.17) is 9.47 Å². The second-order valence-electron chi connectivity index (χ2n) is 6.54. The number of aliphatic imine (C=N–C) groups is 1. The van der Waals surface area contributed by atoms with Gasteiger partial charge in [-0.25, -0.2) is 0 Å². The van der Waals surface area contributed by atoms with Crippen LogP contribution < -0.4 is 15.4 Å². The first-order chi connectivity index (χ1) is 11.1. The van der Waals surface area contributed by atoms with Crippen LogP contribution in [0.25, 0.3) is 0 Å². The first kappa shape index (κ1) is 17.6. The summed E-state index contributed by atoms with van der Waals surface area (Å²) in [5.41, 5.74) is 2.57. The molecule has 0 aromatic heterocycles. The van der Waals surface area contributed by atoms with E-state index in [2.05, 4.69) is 54.6 Å². The smallest absolute Gasteiger partial charge is 0.191 e. The Morgan fingerprint density at radius 3 is 2.74 bits per heavy atom. The molecule has 0 amide bonds. The Bertz CT molecular complexity index is 539. The van der Waals surface area contributed by atoms with Crippen molar-refractivity contribution in [1.29, 1.82) is 0 Å². The van der Waals surface area contributed by atoms with Crippen LogP contribution in [0.3, 0.4) is 0 Å². The molecule has 1 fully saturated rings. The molecule has 0 aliphatic carbocycles. The zero-order valence-corrected chi connectivity index (χ0v) is 14.7. The summed E-state index contributed by atoms with van der Waals surface area (Å²) in [4.78, 5) is 4.29. The van der Waals surface area contributed by atoms with Gasteiger partial charge in [-0.15, -0.1) is 0 Å². The zero-order chi connectivity index (χ0) is 16.7. The number of aryl methyl sites for hydroxylation is 1. The largest absolute Gasteiger partial charge is 0.493 e. The van der Waals surface area contributed by atoms with Crippen LogP contribution in [-0.4, -0.2) is 39.4 Å². The van der Waals surface area contributed by atoms with Gasteiger partial charge in [-0.1, -0.05) is 26.0 Å². The van der Waals surface area contributed by atoms with Gasteiger partial charge in [0, 0.05) is 31.1 Å². The molecule has 0 radical (unpaired) electrons. The second kappa shape index (κ2) is 8.20. The van der Waals surface area contributed by atoms with Crippen LogP contribution in [0.5, 0.6) is 5.75 Å². The summed E-state index contributed by atoms with van der Waals surface area (Å²) < 4.78 is 11.1. The number of guanidine groups is 1. The van der Waals surface area contributed by atoms with Gasteiger partial charge in [0.15, 0.2) is 5.96 Å². The van der Waals surface area contributed by atoms with E-state index < -0.39 is 0 Å². The van der Waals surface area contributed by atoms with Gasteiger partial charge in [0.1, 0.15) is 5.75 Å². The van der Waals surface area contributed by atoms with Gasteiger partial charge in [0.05, 0.1) is 19.8 Å². The van der Waals surface area contributed by atoms with Gasteiger partial charge >= 0.3 is 0 Å². The Kier molecular flexibility index (Phi) is 6.28. The normalized spacial score (nSPS) is 16.6. The quantitative estimate of drug-likeness (QED) is 0.599. The monoisotopic (exact) mass is 319 g/mol. The summed E-state index contributed by atoms with van der Waals surface area (Å²) in [5.74, 6) is 1.76. The van der Waals surface area contributed by atoms with E-state index in [-0.39, 0.29) is 5.41 Å². The average Bonchev–Trinajstić information content (AvgIpc) is 2.52. The molecule has 2 N–H and O–H groups in total. The highest BCUT2D eigenvalue weighted by atomic mass is 16.5. The van der Waals surface area contributed by atoms with E-state index in [9.17, 15) is 0 Å². The molecule has 0 spiro atoms. The first-order valence-corrected chi connectivity index (χ1v) is 8.31. The Hall–Kier alpha value is -1.75. The van der Waals surface area contributed by atoms with Crippen molar-refractivity contribution in [1.82, 2.24) is 10.6 Å². The topological polar surface area (TPSA) is 54.9 Å². The Morgan fingerprint density at radius 2 is 2.13 bits per heavy atom. The van der Waals surface area contributed by atoms with E-state index in [1.54, 1.807) is 7.05 Å². The number of nitrogens with one attached hydrogen (secondary N) is 2. The number of rotatable bonds is 7. The number of ether oxygens (including phenoxy) is 2. The molecule has 0 atom stereocenters. The highest BCUT2D eigenvalue weighted by Gasteiger charge is 2.33. The molecule has 0 unspecified atom stereocenters. The summed E-state index contributed by atoms with van der Waals surface area (Å²) in [6.07, 6.45) is 1.00. The lowest BCUT2D eigenvalue weighted by Gasteiger charge is -2.38. The van der Waals surface area contributed by atoms with E-state index in [1.165, 1.54) is 5.56 Å². The summed E-state index contributed by atoms with van der Waals surface area (Å²) >= 11 is 0. The zero-order valence-electron chi connectivity index (χ0n) is 14.7. The Labute approximate surface area is 139 Å². The molecule has 1 aromatic rings. The van der Waals surface area contributed by atoms with E-state index >= 15 is 0 Å². The number of nitrogens with zero attached hydrogens (tertiary/aromatic N) is 1. The van der Waals surface area contributed by atoms with E-state index in [0.717, 1.165) is 50.1 Å². The third-order valence-electron chi connectivity index (χ3n) is 3.94. The third kappa shape index (κ3) is 5.13. The van der Waals surface area contributed by atoms with Crippen molar-refractivity contribution in [3.05, 3.63) is 29.3 Å². The molecule has 0 bridgehead atoms. The van der Waals surface area contributed by atoms with Crippen molar-refractivity contribution in [2.45, 2.75) is 33.7 Å². The predicted octanol–water partition coefficient (Wildman–Crippen LogP) is 2.49. The molecule has 5 nitrogen and oxygen atoms in total. The minimum absolute atomic E-state index is 0.219. The van der Waals surface area contributed by atoms with Crippen LogP contribution >= 0.6 is 0 Å². The van der Waals surface area contributed by atoms with Gasteiger partial charge in [-0.05, 0) is 25.0 Å². The lowest BCUT2D eigenvalue weighted by molar-refractivity contribution is -0.0971. The first-order valence-electron chi connectivity index (χ1n) is 8.31. The van der Waals surface area contributed by atoms with E-state index in [0.29, 0.717) is 6.54 Å². The lowest BCUT2D eigenvalue weighted by Crippen LogP contribution is -2.50. The molecule has 1 aliphatic rings. The summed E-state index contributed by atoms with van der Waals surface area (Å²) in [6.45, 7) is 10.3. The van der Waals surface area contributed by atoms with Gasteiger partial charge < -0.3 is 20.1 Å². The fourth-order valence-electron chi connectivity index (χ4n) is 2.40. The summed E-state index contributed by atoms with van der Waals surface area (Å²) in [6, 6.07) is 6.32. The van der Waals surface area contributed by atoms with E-state index in [1.807, 2.05) is 0 Å². The van der Waals surface area contributed by atoms with Crippen LogP contribution in [0.4, 0.5) is 0 Å². The Balaban J connectivity index is 1.90. The molecular weight excluding hydrogens is 290 g/mol. The maximum Gasteiger partial charge on any atom is 0.191 e. The SMILES string of the molecule is CCCOc1cc(C)ccc1CNC(=NC)NCC1(C)COC1. The van der Waals surface area contributed by atoms with Crippen LogP contribution in [0.15, 0.2) is 23.2 Å². The molecule has 128 valence electrons. The molecule has 23 heavy (non-hydrogen) atoms. The van der Waals surface area contributed by atoms with Crippen molar-refractivity contribution in [2.75, 3.05) is 33.4 Å². The van der Waals surface area contributed by atoms with Crippen molar-refractivity contribution >= 4 is 5.96 Å². The molecule has 0 saturated carbocycles. The van der Waals surface area contributed by atoms with Crippen molar-refractivity contribution in [3.8, 4) is 5.75 Å². The molecule has 1 heterocycles. The standard InChI is InChI=1S/C18H29N3O2/c1-5-8-23-16-9-14(2)6-7-15(16)10-20-17(19-4)21-11-18(3)12-22-13-18/h6-7,9H,5,8,10-13H2,1-4H3,(H2,19,20,21). The number of hydrogen-bond acceptors (Lipinski definition) is 3. The maximum atomic E-state index is 5.86.